The Morgan fingerprint density at radius 3 is 2.89 bits per heavy atom. The molecule has 0 unspecified atom stereocenters. The van der Waals surface area contributed by atoms with Gasteiger partial charge in [0.2, 0.25) is 0 Å². The first kappa shape index (κ1) is 12.7. The van der Waals surface area contributed by atoms with Gasteiger partial charge in [0, 0.05) is 30.5 Å². The largest absolute Gasteiger partial charge is 0.507 e. The maximum atomic E-state index is 11.9. The van der Waals surface area contributed by atoms with E-state index in [2.05, 4.69) is 21.2 Å². The highest BCUT2D eigenvalue weighted by Gasteiger charge is 2.11. The molecule has 5 heteroatoms. The summed E-state index contributed by atoms with van der Waals surface area (Å²) in [5.74, 6) is -0.318. The van der Waals surface area contributed by atoms with E-state index in [0.29, 0.717) is 6.54 Å². The number of amides is 1. The molecule has 4 nitrogen and oxygen atoms in total. The number of aromatic hydroxyl groups is 1. The van der Waals surface area contributed by atoms with E-state index >= 15 is 0 Å². The van der Waals surface area contributed by atoms with Crippen molar-refractivity contribution in [1.29, 1.82) is 0 Å². The first-order valence-electron chi connectivity index (χ1n) is 5.44. The molecule has 2 rings (SSSR count). The van der Waals surface area contributed by atoms with E-state index in [1.54, 1.807) is 12.1 Å². The molecule has 1 heterocycles. The maximum absolute atomic E-state index is 11.9. The number of rotatable bonds is 3. The first-order chi connectivity index (χ1) is 8.56. The molecular formula is C13H13BrN2O2. The molecule has 0 spiro atoms. The lowest BCUT2D eigenvalue weighted by atomic mass is 10.2. The van der Waals surface area contributed by atoms with Gasteiger partial charge in [-0.1, -0.05) is 15.9 Å². The average molecular weight is 309 g/mol. The van der Waals surface area contributed by atoms with Gasteiger partial charge in [0.25, 0.3) is 5.91 Å². The smallest absolute Gasteiger partial charge is 0.255 e. The Bertz CT molecular complexity index is 578. The molecule has 0 fully saturated rings. The number of aryl methyl sites for hydroxylation is 1. The van der Waals surface area contributed by atoms with Crippen LogP contribution in [0.5, 0.6) is 5.75 Å². The van der Waals surface area contributed by atoms with E-state index < -0.39 is 0 Å². The molecule has 0 aliphatic heterocycles. The zero-order chi connectivity index (χ0) is 13.1. The van der Waals surface area contributed by atoms with Crippen LogP contribution in [-0.2, 0) is 13.6 Å². The molecule has 0 saturated heterocycles. The van der Waals surface area contributed by atoms with Crippen molar-refractivity contribution in [1.82, 2.24) is 9.88 Å². The highest BCUT2D eigenvalue weighted by molar-refractivity contribution is 9.10. The topological polar surface area (TPSA) is 54.3 Å². The molecule has 0 aliphatic carbocycles. The number of carbonyl (C=O) groups is 1. The fraction of sp³-hybridized carbons (Fsp3) is 0.154. The third-order valence-corrected chi connectivity index (χ3v) is 3.04. The number of hydrogen-bond donors (Lipinski definition) is 2. The molecule has 0 radical (unpaired) electrons. The van der Waals surface area contributed by atoms with Gasteiger partial charge in [0.15, 0.2) is 0 Å². The van der Waals surface area contributed by atoms with Crippen LogP contribution >= 0.6 is 15.9 Å². The number of phenolic OH excluding ortho intramolecular Hbond substituents is 1. The van der Waals surface area contributed by atoms with Gasteiger partial charge in [-0.2, -0.15) is 0 Å². The number of phenols is 1. The van der Waals surface area contributed by atoms with Crippen molar-refractivity contribution in [2.45, 2.75) is 6.54 Å². The van der Waals surface area contributed by atoms with Crippen LogP contribution in [0.4, 0.5) is 0 Å². The third kappa shape index (κ3) is 2.92. The van der Waals surface area contributed by atoms with Gasteiger partial charge in [-0.25, -0.2) is 0 Å². The van der Waals surface area contributed by atoms with Gasteiger partial charge in [0.1, 0.15) is 5.75 Å². The van der Waals surface area contributed by atoms with Crippen LogP contribution < -0.4 is 5.32 Å². The molecule has 2 N–H and O–H groups in total. The molecule has 0 bridgehead atoms. The van der Waals surface area contributed by atoms with E-state index in [9.17, 15) is 9.90 Å². The molecule has 18 heavy (non-hydrogen) atoms. The van der Waals surface area contributed by atoms with E-state index in [-0.39, 0.29) is 17.2 Å². The number of aromatic nitrogens is 1. The lowest BCUT2D eigenvalue weighted by Gasteiger charge is -2.06. The van der Waals surface area contributed by atoms with E-state index in [1.165, 1.54) is 6.07 Å². The average Bonchev–Trinajstić information content (AvgIpc) is 2.75. The van der Waals surface area contributed by atoms with Crippen molar-refractivity contribution >= 4 is 21.8 Å². The number of halogens is 1. The lowest BCUT2D eigenvalue weighted by Crippen LogP contribution is -2.22. The Hall–Kier alpha value is -1.75. The van der Waals surface area contributed by atoms with Gasteiger partial charge in [-0.3, -0.25) is 4.79 Å². The maximum Gasteiger partial charge on any atom is 0.255 e. The fourth-order valence-electron chi connectivity index (χ4n) is 1.63. The summed E-state index contributed by atoms with van der Waals surface area (Å²) in [6.07, 6.45) is 3.85. The van der Waals surface area contributed by atoms with E-state index in [4.69, 9.17) is 0 Å². The van der Waals surface area contributed by atoms with Crippen LogP contribution in [0.3, 0.4) is 0 Å². The number of hydrogen-bond acceptors (Lipinski definition) is 2. The molecule has 1 aromatic carbocycles. The summed E-state index contributed by atoms with van der Waals surface area (Å²) in [7, 11) is 1.92. The van der Waals surface area contributed by atoms with Crippen LogP contribution in [0.1, 0.15) is 15.9 Å². The minimum Gasteiger partial charge on any atom is -0.507 e. The highest BCUT2D eigenvalue weighted by Crippen LogP contribution is 2.21. The normalized spacial score (nSPS) is 10.3. The summed E-state index contributed by atoms with van der Waals surface area (Å²) >= 11 is 3.27. The molecule has 94 valence electrons. The predicted octanol–water partition coefficient (Wildman–Crippen LogP) is 2.42. The van der Waals surface area contributed by atoms with Crippen LogP contribution in [-0.4, -0.2) is 15.6 Å². The van der Waals surface area contributed by atoms with Gasteiger partial charge >= 0.3 is 0 Å². The van der Waals surface area contributed by atoms with Crippen molar-refractivity contribution in [2.24, 2.45) is 7.05 Å². The Kier molecular flexibility index (Phi) is 3.72. The molecule has 1 aromatic heterocycles. The second-order valence-corrected chi connectivity index (χ2v) is 4.95. The van der Waals surface area contributed by atoms with Crippen molar-refractivity contribution in [3.63, 3.8) is 0 Å². The summed E-state index contributed by atoms with van der Waals surface area (Å²) in [5.41, 5.74) is 1.28. The lowest BCUT2D eigenvalue weighted by molar-refractivity contribution is 0.0948. The van der Waals surface area contributed by atoms with Crippen molar-refractivity contribution in [3.8, 4) is 5.75 Å². The zero-order valence-corrected chi connectivity index (χ0v) is 11.4. The third-order valence-electron chi connectivity index (χ3n) is 2.55. The summed E-state index contributed by atoms with van der Waals surface area (Å²) in [5, 5.41) is 12.4. The van der Waals surface area contributed by atoms with Crippen LogP contribution in [0.2, 0.25) is 0 Å². The van der Waals surface area contributed by atoms with E-state index in [0.717, 1.165) is 10.0 Å². The zero-order valence-electron chi connectivity index (χ0n) is 9.85. The minimum atomic E-state index is -0.294. The summed E-state index contributed by atoms with van der Waals surface area (Å²) in [6, 6.07) is 6.70. The van der Waals surface area contributed by atoms with Gasteiger partial charge in [-0.05, 0) is 29.8 Å². The molecule has 1 amide bonds. The van der Waals surface area contributed by atoms with E-state index in [1.807, 2.05) is 30.1 Å². The Labute approximate surface area is 113 Å². The number of benzene rings is 1. The Balaban J connectivity index is 2.05. The van der Waals surface area contributed by atoms with Gasteiger partial charge in [0.05, 0.1) is 5.56 Å². The van der Waals surface area contributed by atoms with Crippen LogP contribution in [0, 0.1) is 0 Å². The number of nitrogens with one attached hydrogen (secondary N) is 1. The first-order valence-corrected chi connectivity index (χ1v) is 6.23. The molecule has 0 atom stereocenters. The van der Waals surface area contributed by atoms with Crippen LogP contribution in [0.15, 0.2) is 41.1 Å². The molecule has 0 aliphatic rings. The standard InChI is InChI=1S/C13H13BrN2O2/c1-16-5-4-9(8-16)7-15-13(18)11-6-10(14)2-3-12(11)17/h2-6,8,17H,7H2,1H3,(H,15,18). The summed E-state index contributed by atoms with van der Waals surface area (Å²) < 4.78 is 2.67. The summed E-state index contributed by atoms with van der Waals surface area (Å²) in [4.78, 5) is 11.9. The highest BCUT2D eigenvalue weighted by atomic mass is 79.9. The summed E-state index contributed by atoms with van der Waals surface area (Å²) in [6.45, 7) is 0.436. The second kappa shape index (κ2) is 5.27. The van der Waals surface area contributed by atoms with Crippen molar-refractivity contribution < 1.29 is 9.90 Å². The Morgan fingerprint density at radius 1 is 1.44 bits per heavy atom. The Morgan fingerprint density at radius 2 is 2.22 bits per heavy atom. The number of carbonyl (C=O) groups excluding carboxylic acids is 1. The SMILES string of the molecule is Cn1ccc(CNC(=O)c2cc(Br)ccc2O)c1. The number of nitrogens with zero attached hydrogens (tertiary/aromatic N) is 1. The molecule has 2 aromatic rings. The molecular weight excluding hydrogens is 296 g/mol. The predicted molar refractivity (Wildman–Crippen MR) is 72.4 cm³/mol. The minimum absolute atomic E-state index is 0.0243. The quantitative estimate of drug-likeness (QED) is 0.915. The second-order valence-electron chi connectivity index (χ2n) is 4.03. The fourth-order valence-corrected chi connectivity index (χ4v) is 1.99. The monoisotopic (exact) mass is 308 g/mol. The van der Waals surface area contributed by atoms with Gasteiger partial charge in [-0.15, -0.1) is 0 Å². The van der Waals surface area contributed by atoms with Crippen molar-refractivity contribution in [2.75, 3.05) is 0 Å². The molecule has 0 saturated carbocycles. The van der Waals surface area contributed by atoms with Gasteiger partial charge < -0.3 is 15.0 Å². The van der Waals surface area contributed by atoms with Crippen LogP contribution in [0.25, 0.3) is 0 Å². The van der Waals surface area contributed by atoms with Crippen molar-refractivity contribution in [3.05, 3.63) is 52.3 Å².